The monoisotopic (exact) mass is 590 g/mol. The summed E-state index contributed by atoms with van der Waals surface area (Å²) in [6.07, 6.45) is 1.02. The van der Waals surface area contributed by atoms with Crippen molar-refractivity contribution in [2.45, 2.75) is 45.3 Å². The third-order valence-electron chi connectivity index (χ3n) is 6.75. The smallest absolute Gasteiger partial charge is 0.261 e. The number of ether oxygens (including phenoxy) is 1. The second kappa shape index (κ2) is 13.4. The minimum atomic E-state index is -0.864. The van der Waals surface area contributed by atoms with Gasteiger partial charge in [-0.25, -0.2) is 4.39 Å². The summed E-state index contributed by atoms with van der Waals surface area (Å²) in [5, 5.41) is 5.01. The molecule has 0 bridgehead atoms. The molecular weight excluding hydrogens is 559 g/mol. The molecule has 4 rings (SSSR count). The van der Waals surface area contributed by atoms with E-state index in [1.807, 2.05) is 74.5 Å². The van der Waals surface area contributed by atoms with Crippen LogP contribution in [0.15, 0.2) is 95.5 Å². The van der Waals surface area contributed by atoms with E-state index in [-0.39, 0.29) is 31.5 Å². The number of fused-ring (bicyclic) bond motifs is 1. The topological polar surface area (TPSA) is 58.6 Å². The Morgan fingerprint density at radius 3 is 2.38 bits per heavy atom. The van der Waals surface area contributed by atoms with Crippen molar-refractivity contribution in [2.75, 3.05) is 6.61 Å². The van der Waals surface area contributed by atoms with Crippen LogP contribution in [0.25, 0.3) is 10.8 Å². The number of hydrogen-bond donors (Lipinski definition) is 1. The minimum Gasteiger partial charge on any atom is -0.483 e. The Hall–Kier alpha value is -3.71. The van der Waals surface area contributed by atoms with Crippen LogP contribution in [-0.4, -0.2) is 35.4 Å². The molecule has 0 saturated heterocycles. The van der Waals surface area contributed by atoms with Gasteiger partial charge in [-0.15, -0.1) is 0 Å². The molecule has 0 aliphatic carbocycles. The van der Waals surface area contributed by atoms with E-state index in [9.17, 15) is 14.0 Å². The molecule has 4 aromatic rings. The van der Waals surface area contributed by atoms with Crippen LogP contribution in [0.3, 0.4) is 0 Å². The van der Waals surface area contributed by atoms with Gasteiger partial charge < -0.3 is 15.0 Å². The third kappa shape index (κ3) is 7.24. The molecular formula is C32H32BrFN2O3. The summed E-state index contributed by atoms with van der Waals surface area (Å²) < 4.78 is 21.5. The van der Waals surface area contributed by atoms with Crippen LogP contribution in [0.4, 0.5) is 4.39 Å². The van der Waals surface area contributed by atoms with E-state index in [4.69, 9.17) is 4.74 Å². The first-order valence-electron chi connectivity index (χ1n) is 13.0. The standard InChI is InChI=1S/C32H32BrFN2O3/c1-3-22(2)35-32(38)28(19-23-11-5-4-6-12-23)36(20-25-14-8-10-16-27(25)34)30(37)21-39-29-18-17-24-13-7-9-15-26(24)31(29)33/h4-18,22,28H,3,19-21H2,1-2H3,(H,35,38)/t22-,28-/m1/s1. The van der Waals surface area contributed by atoms with Gasteiger partial charge in [-0.1, -0.05) is 85.8 Å². The van der Waals surface area contributed by atoms with Gasteiger partial charge in [0.1, 0.15) is 17.6 Å². The van der Waals surface area contributed by atoms with Crippen LogP contribution in [-0.2, 0) is 22.6 Å². The van der Waals surface area contributed by atoms with Crippen molar-refractivity contribution in [3.05, 3.63) is 112 Å². The van der Waals surface area contributed by atoms with Crippen molar-refractivity contribution in [1.29, 1.82) is 0 Å². The highest BCUT2D eigenvalue weighted by molar-refractivity contribution is 9.10. The van der Waals surface area contributed by atoms with Crippen LogP contribution in [0.2, 0.25) is 0 Å². The highest BCUT2D eigenvalue weighted by Crippen LogP contribution is 2.33. The van der Waals surface area contributed by atoms with Gasteiger partial charge in [-0.05, 0) is 57.7 Å². The second-order valence-corrected chi connectivity index (χ2v) is 10.3. The van der Waals surface area contributed by atoms with Gasteiger partial charge in [0, 0.05) is 24.6 Å². The molecule has 39 heavy (non-hydrogen) atoms. The quantitative estimate of drug-likeness (QED) is 0.212. The maximum Gasteiger partial charge on any atom is 0.261 e. The summed E-state index contributed by atoms with van der Waals surface area (Å²) in [5.74, 6) is -0.630. The Labute approximate surface area is 237 Å². The van der Waals surface area contributed by atoms with Crippen molar-refractivity contribution in [1.82, 2.24) is 10.2 Å². The fraction of sp³-hybridized carbons (Fsp3) is 0.250. The van der Waals surface area contributed by atoms with Crippen LogP contribution < -0.4 is 10.1 Å². The van der Waals surface area contributed by atoms with E-state index in [1.54, 1.807) is 24.3 Å². The molecule has 4 aromatic carbocycles. The molecule has 202 valence electrons. The van der Waals surface area contributed by atoms with Gasteiger partial charge in [0.25, 0.3) is 5.91 Å². The molecule has 0 saturated carbocycles. The molecule has 0 spiro atoms. The summed E-state index contributed by atoms with van der Waals surface area (Å²) in [5.41, 5.74) is 1.22. The Morgan fingerprint density at radius 2 is 1.64 bits per heavy atom. The van der Waals surface area contributed by atoms with Gasteiger partial charge >= 0.3 is 0 Å². The predicted octanol–water partition coefficient (Wildman–Crippen LogP) is 6.68. The van der Waals surface area contributed by atoms with Gasteiger partial charge in [0.15, 0.2) is 6.61 Å². The molecule has 2 amide bonds. The lowest BCUT2D eigenvalue weighted by Crippen LogP contribution is -2.53. The molecule has 2 atom stereocenters. The Morgan fingerprint density at radius 1 is 0.949 bits per heavy atom. The van der Waals surface area contributed by atoms with Gasteiger partial charge in [0.05, 0.1) is 4.47 Å². The second-order valence-electron chi connectivity index (χ2n) is 9.52. The van der Waals surface area contributed by atoms with Crippen LogP contribution in [0.5, 0.6) is 5.75 Å². The Kier molecular flexibility index (Phi) is 9.71. The van der Waals surface area contributed by atoms with E-state index < -0.39 is 17.8 Å². The minimum absolute atomic E-state index is 0.0703. The molecule has 7 heteroatoms. The Balaban J connectivity index is 1.65. The SMILES string of the molecule is CC[C@@H](C)NC(=O)[C@@H](Cc1ccccc1)N(Cc1ccccc1F)C(=O)COc1ccc2ccccc2c1Br. The molecule has 0 heterocycles. The number of amides is 2. The first kappa shape index (κ1) is 28.3. The highest BCUT2D eigenvalue weighted by Gasteiger charge is 2.32. The lowest BCUT2D eigenvalue weighted by Gasteiger charge is -2.32. The van der Waals surface area contributed by atoms with Crippen molar-refractivity contribution >= 4 is 38.5 Å². The number of carbonyl (C=O) groups excluding carboxylic acids is 2. The lowest BCUT2D eigenvalue weighted by molar-refractivity contribution is -0.143. The van der Waals surface area contributed by atoms with Crippen molar-refractivity contribution in [3.63, 3.8) is 0 Å². The molecule has 0 radical (unpaired) electrons. The number of rotatable bonds is 11. The predicted molar refractivity (Wildman–Crippen MR) is 156 cm³/mol. The molecule has 0 aliphatic heterocycles. The zero-order chi connectivity index (χ0) is 27.8. The van der Waals surface area contributed by atoms with Gasteiger partial charge in [-0.3, -0.25) is 9.59 Å². The lowest BCUT2D eigenvalue weighted by atomic mass is 10.0. The molecule has 0 fully saturated rings. The number of nitrogens with one attached hydrogen (secondary N) is 1. The average molecular weight is 592 g/mol. The third-order valence-corrected chi connectivity index (χ3v) is 7.57. The van der Waals surface area contributed by atoms with Crippen LogP contribution in [0.1, 0.15) is 31.4 Å². The van der Waals surface area contributed by atoms with E-state index in [2.05, 4.69) is 21.2 Å². The van der Waals surface area contributed by atoms with E-state index >= 15 is 0 Å². The fourth-order valence-electron chi connectivity index (χ4n) is 4.35. The zero-order valence-electron chi connectivity index (χ0n) is 22.1. The summed E-state index contributed by atoms with van der Waals surface area (Å²) in [6, 6.07) is 26.4. The average Bonchev–Trinajstić information content (AvgIpc) is 2.95. The Bertz CT molecular complexity index is 1430. The zero-order valence-corrected chi connectivity index (χ0v) is 23.7. The summed E-state index contributed by atoms with van der Waals surface area (Å²) in [7, 11) is 0. The van der Waals surface area contributed by atoms with E-state index in [1.165, 1.54) is 11.0 Å². The first-order valence-corrected chi connectivity index (χ1v) is 13.8. The van der Waals surface area contributed by atoms with E-state index in [0.717, 1.165) is 27.2 Å². The molecule has 0 aromatic heterocycles. The number of hydrogen-bond acceptors (Lipinski definition) is 3. The largest absolute Gasteiger partial charge is 0.483 e. The van der Waals surface area contributed by atoms with Crippen LogP contribution in [0, 0.1) is 5.82 Å². The van der Waals surface area contributed by atoms with Gasteiger partial charge in [0.2, 0.25) is 5.91 Å². The van der Waals surface area contributed by atoms with Crippen molar-refractivity contribution in [3.8, 4) is 5.75 Å². The molecule has 1 N–H and O–H groups in total. The highest BCUT2D eigenvalue weighted by atomic mass is 79.9. The van der Waals surface area contributed by atoms with Crippen LogP contribution >= 0.6 is 15.9 Å². The maximum absolute atomic E-state index is 14.7. The van der Waals surface area contributed by atoms with Gasteiger partial charge in [-0.2, -0.15) is 0 Å². The van der Waals surface area contributed by atoms with Crippen molar-refractivity contribution < 1.29 is 18.7 Å². The number of halogens is 2. The van der Waals surface area contributed by atoms with E-state index in [0.29, 0.717) is 11.3 Å². The molecule has 0 aliphatic rings. The normalized spacial score (nSPS) is 12.5. The maximum atomic E-state index is 14.7. The van der Waals surface area contributed by atoms with Crippen molar-refractivity contribution in [2.24, 2.45) is 0 Å². The summed E-state index contributed by atoms with van der Waals surface area (Å²) in [6.45, 7) is 3.52. The fourth-order valence-corrected chi connectivity index (χ4v) is 4.96. The first-order chi connectivity index (χ1) is 18.9. The summed E-state index contributed by atoms with van der Waals surface area (Å²) in [4.78, 5) is 28.8. The molecule has 0 unspecified atom stereocenters. The number of carbonyl (C=O) groups is 2. The molecule has 5 nitrogen and oxygen atoms in total. The number of benzene rings is 4. The number of nitrogens with zero attached hydrogens (tertiary/aromatic N) is 1. The summed E-state index contributed by atoms with van der Waals surface area (Å²) >= 11 is 3.60.